The van der Waals surface area contributed by atoms with Crippen LogP contribution >= 0.6 is 11.8 Å². The van der Waals surface area contributed by atoms with Crippen molar-refractivity contribution >= 4 is 11.8 Å². The van der Waals surface area contributed by atoms with Crippen LogP contribution in [0.2, 0.25) is 0 Å². The van der Waals surface area contributed by atoms with E-state index >= 15 is 0 Å². The Balaban J connectivity index is 1.93. The van der Waals surface area contributed by atoms with E-state index in [1.165, 1.54) is 17.9 Å². The molecule has 2 unspecified atom stereocenters. The van der Waals surface area contributed by atoms with E-state index in [-0.39, 0.29) is 12.5 Å². The SMILES string of the molecule is OCC1CCCn2c1nnc2C1CCSC1. The van der Waals surface area contributed by atoms with E-state index in [1.807, 2.05) is 11.8 Å². The largest absolute Gasteiger partial charge is 0.396 e. The number of fused-ring (bicyclic) bond motifs is 1. The fourth-order valence-corrected chi connectivity index (χ4v) is 3.92. The van der Waals surface area contributed by atoms with Crippen LogP contribution in [0.3, 0.4) is 0 Å². The molecule has 0 spiro atoms. The minimum Gasteiger partial charge on any atom is -0.396 e. The van der Waals surface area contributed by atoms with Gasteiger partial charge >= 0.3 is 0 Å². The van der Waals surface area contributed by atoms with Crippen molar-refractivity contribution in [1.29, 1.82) is 0 Å². The molecule has 88 valence electrons. The average molecular weight is 239 g/mol. The molecule has 1 N–H and O–H groups in total. The van der Waals surface area contributed by atoms with Gasteiger partial charge in [0.25, 0.3) is 0 Å². The van der Waals surface area contributed by atoms with Gasteiger partial charge in [0.05, 0.1) is 6.61 Å². The van der Waals surface area contributed by atoms with Crippen molar-refractivity contribution in [1.82, 2.24) is 14.8 Å². The highest BCUT2D eigenvalue weighted by Crippen LogP contribution is 2.34. The number of hydrogen-bond acceptors (Lipinski definition) is 4. The summed E-state index contributed by atoms with van der Waals surface area (Å²) < 4.78 is 2.26. The van der Waals surface area contributed by atoms with Gasteiger partial charge < -0.3 is 9.67 Å². The molecule has 2 aliphatic heterocycles. The summed E-state index contributed by atoms with van der Waals surface area (Å²) in [6.07, 6.45) is 3.42. The number of aliphatic hydroxyl groups excluding tert-OH is 1. The van der Waals surface area contributed by atoms with Crippen molar-refractivity contribution in [2.24, 2.45) is 0 Å². The molecule has 0 amide bonds. The Morgan fingerprint density at radius 2 is 2.19 bits per heavy atom. The molecule has 1 aromatic rings. The molecular formula is C11H17N3OS. The highest BCUT2D eigenvalue weighted by atomic mass is 32.2. The summed E-state index contributed by atoms with van der Waals surface area (Å²) in [4.78, 5) is 0. The molecule has 1 aromatic heterocycles. The third-order valence-corrected chi connectivity index (χ3v) is 4.79. The van der Waals surface area contributed by atoms with Gasteiger partial charge in [-0.15, -0.1) is 10.2 Å². The minimum atomic E-state index is 0.206. The zero-order chi connectivity index (χ0) is 11.0. The van der Waals surface area contributed by atoms with Gasteiger partial charge in [-0.25, -0.2) is 0 Å². The minimum absolute atomic E-state index is 0.206. The lowest BCUT2D eigenvalue weighted by Crippen LogP contribution is -2.21. The monoisotopic (exact) mass is 239 g/mol. The second kappa shape index (κ2) is 4.37. The molecule has 2 atom stereocenters. The topological polar surface area (TPSA) is 50.9 Å². The number of hydrogen-bond donors (Lipinski definition) is 1. The molecule has 0 bridgehead atoms. The molecule has 1 saturated heterocycles. The number of rotatable bonds is 2. The maximum Gasteiger partial charge on any atom is 0.138 e. The number of thioether (sulfide) groups is 1. The second-order valence-electron chi connectivity index (χ2n) is 4.65. The Morgan fingerprint density at radius 1 is 1.31 bits per heavy atom. The maximum atomic E-state index is 9.33. The number of nitrogens with zero attached hydrogens (tertiary/aromatic N) is 3. The quantitative estimate of drug-likeness (QED) is 0.847. The lowest BCUT2D eigenvalue weighted by atomic mass is 9.99. The molecule has 0 saturated carbocycles. The Morgan fingerprint density at radius 3 is 2.94 bits per heavy atom. The molecular weight excluding hydrogens is 222 g/mol. The molecule has 4 nitrogen and oxygen atoms in total. The predicted octanol–water partition coefficient (Wildman–Crippen LogP) is 1.37. The highest BCUT2D eigenvalue weighted by Gasteiger charge is 2.29. The number of aliphatic hydroxyl groups is 1. The van der Waals surface area contributed by atoms with E-state index in [0.717, 1.165) is 31.0 Å². The fourth-order valence-electron chi connectivity index (χ4n) is 2.70. The van der Waals surface area contributed by atoms with E-state index in [4.69, 9.17) is 0 Å². The van der Waals surface area contributed by atoms with Gasteiger partial charge in [-0.1, -0.05) is 0 Å². The fraction of sp³-hybridized carbons (Fsp3) is 0.818. The first-order chi connectivity index (χ1) is 7.90. The van der Waals surface area contributed by atoms with Gasteiger partial charge in [-0.05, 0) is 25.0 Å². The molecule has 0 aromatic carbocycles. The molecule has 0 aliphatic carbocycles. The van der Waals surface area contributed by atoms with Crippen molar-refractivity contribution in [3.05, 3.63) is 11.6 Å². The molecule has 1 fully saturated rings. The normalized spacial score (nSPS) is 29.3. The van der Waals surface area contributed by atoms with Crippen LogP contribution in [0.25, 0.3) is 0 Å². The molecule has 0 radical (unpaired) electrons. The van der Waals surface area contributed by atoms with Crippen molar-refractivity contribution in [2.45, 2.75) is 37.6 Å². The van der Waals surface area contributed by atoms with Gasteiger partial charge in [0.15, 0.2) is 0 Å². The van der Waals surface area contributed by atoms with Gasteiger partial charge in [0.1, 0.15) is 11.6 Å². The van der Waals surface area contributed by atoms with Crippen LogP contribution in [-0.2, 0) is 6.54 Å². The first-order valence-corrected chi connectivity index (χ1v) is 7.17. The van der Waals surface area contributed by atoms with Crippen molar-refractivity contribution in [3.8, 4) is 0 Å². The van der Waals surface area contributed by atoms with Crippen molar-refractivity contribution in [2.75, 3.05) is 18.1 Å². The zero-order valence-corrected chi connectivity index (χ0v) is 10.1. The van der Waals surface area contributed by atoms with Gasteiger partial charge in [0, 0.05) is 24.1 Å². The first kappa shape index (κ1) is 10.6. The van der Waals surface area contributed by atoms with E-state index in [2.05, 4.69) is 14.8 Å². The molecule has 3 heterocycles. The Kier molecular flexibility index (Phi) is 2.90. The van der Waals surface area contributed by atoms with E-state index in [1.54, 1.807) is 0 Å². The summed E-state index contributed by atoms with van der Waals surface area (Å²) in [7, 11) is 0. The zero-order valence-electron chi connectivity index (χ0n) is 9.30. The molecule has 16 heavy (non-hydrogen) atoms. The summed E-state index contributed by atoms with van der Waals surface area (Å²) in [5.74, 6) is 5.41. The number of aromatic nitrogens is 3. The van der Waals surface area contributed by atoms with E-state index in [0.29, 0.717) is 5.92 Å². The third kappa shape index (κ3) is 1.66. The van der Waals surface area contributed by atoms with E-state index < -0.39 is 0 Å². The van der Waals surface area contributed by atoms with Crippen LogP contribution in [0.5, 0.6) is 0 Å². The Hall–Kier alpha value is -0.550. The average Bonchev–Trinajstić information content (AvgIpc) is 2.96. The summed E-state index contributed by atoms with van der Waals surface area (Å²) in [5, 5.41) is 18.0. The van der Waals surface area contributed by atoms with Gasteiger partial charge in [-0.2, -0.15) is 11.8 Å². The lowest BCUT2D eigenvalue weighted by Gasteiger charge is -2.22. The molecule has 3 rings (SSSR count). The van der Waals surface area contributed by atoms with Gasteiger partial charge in [-0.3, -0.25) is 0 Å². The van der Waals surface area contributed by atoms with Crippen LogP contribution in [-0.4, -0.2) is 38.0 Å². The highest BCUT2D eigenvalue weighted by molar-refractivity contribution is 7.99. The van der Waals surface area contributed by atoms with Crippen LogP contribution < -0.4 is 0 Å². The Labute approximate surface area is 99.4 Å². The van der Waals surface area contributed by atoms with E-state index in [9.17, 15) is 5.11 Å². The smallest absolute Gasteiger partial charge is 0.138 e. The van der Waals surface area contributed by atoms with Crippen LogP contribution in [0.4, 0.5) is 0 Å². The first-order valence-electron chi connectivity index (χ1n) is 6.01. The second-order valence-corrected chi connectivity index (χ2v) is 5.80. The Bertz CT molecular complexity index is 373. The predicted molar refractivity (Wildman–Crippen MR) is 63.8 cm³/mol. The van der Waals surface area contributed by atoms with Crippen molar-refractivity contribution in [3.63, 3.8) is 0 Å². The third-order valence-electron chi connectivity index (χ3n) is 3.62. The lowest BCUT2D eigenvalue weighted by molar-refractivity contribution is 0.236. The van der Waals surface area contributed by atoms with Crippen LogP contribution in [0.15, 0.2) is 0 Å². The maximum absolute atomic E-state index is 9.33. The van der Waals surface area contributed by atoms with Gasteiger partial charge in [0.2, 0.25) is 0 Å². The molecule has 5 heteroatoms. The summed E-state index contributed by atoms with van der Waals surface area (Å²) >= 11 is 2.01. The summed E-state index contributed by atoms with van der Waals surface area (Å²) in [6, 6.07) is 0. The standard InChI is InChI=1S/C11H17N3OS/c15-6-8-2-1-4-14-10(8)12-13-11(14)9-3-5-16-7-9/h8-9,15H,1-7H2. The van der Waals surface area contributed by atoms with Crippen molar-refractivity contribution < 1.29 is 5.11 Å². The van der Waals surface area contributed by atoms with Crippen LogP contribution in [0.1, 0.15) is 42.7 Å². The molecule has 2 aliphatic rings. The summed E-state index contributed by atoms with van der Waals surface area (Å²) in [6.45, 7) is 1.24. The van der Waals surface area contributed by atoms with Crippen LogP contribution in [0, 0.1) is 0 Å². The summed E-state index contributed by atoms with van der Waals surface area (Å²) in [5.41, 5.74) is 0.